The molecule has 1 heterocycles. The van der Waals surface area contributed by atoms with Gasteiger partial charge in [-0.05, 0) is 12.5 Å². The van der Waals surface area contributed by atoms with Crippen LogP contribution < -0.4 is 0 Å². The van der Waals surface area contributed by atoms with E-state index in [-0.39, 0.29) is 0 Å². The molecule has 2 rings (SSSR count). The first-order chi connectivity index (χ1) is 8.79. The number of ether oxygens (including phenoxy) is 1. The van der Waals surface area contributed by atoms with Crippen molar-refractivity contribution in [2.75, 3.05) is 13.2 Å². The molecule has 96 valence electrons. The lowest BCUT2D eigenvalue weighted by atomic mass is 10.1. The molecule has 0 fully saturated rings. The molecule has 0 bridgehead atoms. The number of aliphatic hydroxyl groups excluding tert-OH is 1. The Labute approximate surface area is 107 Å². The Bertz CT molecular complexity index is 468. The van der Waals surface area contributed by atoms with Crippen molar-refractivity contribution < 1.29 is 9.84 Å². The molecule has 1 unspecified atom stereocenters. The van der Waals surface area contributed by atoms with E-state index in [2.05, 4.69) is 5.10 Å². The second-order valence-electron chi connectivity index (χ2n) is 4.13. The fraction of sp³-hybridized carbons (Fsp3) is 0.357. The zero-order valence-corrected chi connectivity index (χ0v) is 10.5. The summed E-state index contributed by atoms with van der Waals surface area (Å²) in [5.41, 5.74) is 2.18. The third-order valence-electron chi connectivity index (χ3n) is 2.65. The molecular weight excluding hydrogens is 228 g/mol. The van der Waals surface area contributed by atoms with Gasteiger partial charge in [0.05, 0.1) is 25.5 Å². The molecule has 4 heteroatoms. The number of rotatable bonds is 6. The van der Waals surface area contributed by atoms with Crippen molar-refractivity contribution in [1.82, 2.24) is 9.78 Å². The second-order valence-corrected chi connectivity index (χ2v) is 4.13. The summed E-state index contributed by atoms with van der Waals surface area (Å²) in [5, 5.41) is 14.0. The van der Waals surface area contributed by atoms with Crippen LogP contribution in [0.5, 0.6) is 0 Å². The van der Waals surface area contributed by atoms with Crippen molar-refractivity contribution in [3.8, 4) is 11.1 Å². The Kier molecular flexibility index (Phi) is 4.50. The van der Waals surface area contributed by atoms with Gasteiger partial charge in [0.15, 0.2) is 0 Å². The van der Waals surface area contributed by atoms with Crippen LogP contribution in [0, 0.1) is 0 Å². The summed E-state index contributed by atoms with van der Waals surface area (Å²) >= 11 is 0. The van der Waals surface area contributed by atoms with Crippen LogP contribution in [0.2, 0.25) is 0 Å². The number of hydrogen-bond acceptors (Lipinski definition) is 3. The molecule has 0 aliphatic heterocycles. The Morgan fingerprint density at radius 2 is 2.06 bits per heavy atom. The third-order valence-corrected chi connectivity index (χ3v) is 2.65. The monoisotopic (exact) mass is 246 g/mol. The van der Waals surface area contributed by atoms with Crippen LogP contribution in [0.15, 0.2) is 42.7 Å². The highest BCUT2D eigenvalue weighted by Gasteiger charge is 2.07. The van der Waals surface area contributed by atoms with Gasteiger partial charge in [0.2, 0.25) is 0 Å². The zero-order valence-electron chi connectivity index (χ0n) is 10.5. The van der Waals surface area contributed by atoms with Gasteiger partial charge >= 0.3 is 0 Å². The van der Waals surface area contributed by atoms with E-state index in [1.807, 2.05) is 49.6 Å². The maximum atomic E-state index is 9.73. The summed E-state index contributed by atoms with van der Waals surface area (Å²) in [5.74, 6) is 0. The van der Waals surface area contributed by atoms with Gasteiger partial charge in [-0.25, -0.2) is 0 Å². The fourth-order valence-corrected chi connectivity index (χ4v) is 1.77. The van der Waals surface area contributed by atoms with Gasteiger partial charge in [-0.15, -0.1) is 0 Å². The summed E-state index contributed by atoms with van der Waals surface area (Å²) in [6.07, 6.45) is 3.22. The summed E-state index contributed by atoms with van der Waals surface area (Å²) in [7, 11) is 0. The molecule has 1 atom stereocenters. The summed E-state index contributed by atoms with van der Waals surface area (Å²) in [4.78, 5) is 0. The number of aromatic nitrogens is 2. The lowest BCUT2D eigenvalue weighted by Gasteiger charge is -2.09. The van der Waals surface area contributed by atoms with Gasteiger partial charge in [0.25, 0.3) is 0 Å². The Morgan fingerprint density at radius 1 is 1.28 bits per heavy atom. The second kappa shape index (κ2) is 6.33. The van der Waals surface area contributed by atoms with E-state index in [1.165, 1.54) is 0 Å². The van der Waals surface area contributed by atoms with Gasteiger partial charge in [0.1, 0.15) is 0 Å². The molecule has 0 amide bonds. The first-order valence-corrected chi connectivity index (χ1v) is 6.13. The third kappa shape index (κ3) is 3.42. The van der Waals surface area contributed by atoms with Crippen molar-refractivity contribution >= 4 is 0 Å². The predicted octanol–water partition coefficient (Wildman–Crippen LogP) is 1.95. The molecule has 1 aromatic carbocycles. The molecule has 0 saturated carbocycles. The predicted molar refractivity (Wildman–Crippen MR) is 70.2 cm³/mol. The first-order valence-electron chi connectivity index (χ1n) is 6.13. The molecule has 0 aliphatic rings. The highest BCUT2D eigenvalue weighted by atomic mass is 16.5. The van der Waals surface area contributed by atoms with Crippen LogP contribution in [0.3, 0.4) is 0 Å². The minimum atomic E-state index is -0.520. The van der Waals surface area contributed by atoms with E-state index in [4.69, 9.17) is 4.74 Å². The molecule has 4 nitrogen and oxygen atoms in total. The van der Waals surface area contributed by atoms with Gasteiger partial charge in [-0.3, -0.25) is 4.68 Å². The normalized spacial score (nSPS) is 12.6. The zero-order chi connectivity index (χ0) is 12.8. The van der Waals surface area contributed by atoms with E-state index in [1.54, 1.807) is 4.68 Å². The maximum Gasteiger partial charge on any atom is 0.0968 e. The van der Waals surface area contributed by atoms with Crippen molar-refractivity contribution in [3.05, 3.63) is 42.7 Å². The van der Waals surface area contributed by atoms with Gasteiger partial charge < -0.3 is 9.84 Å². The molecule has 1 N–H and O–H groups in total. The Hall–Kier alpha value is -1.65. The largest absolute Gasteiger partial charge is 0.389 e. The highest BCUT2D eigenvalue weighted by molar-refractivity contribution is 5.61. The standard InChI is InChI=1S/C14H18N2O2/c1-2-18-11-14(17)10-16-9-13(8-15-16)12-6-4-3-5-7-12/h3-9,14,17H,2,10-11H2,1H3. The van der Waals surface area contributed by atoms with Crippen LogP contribution in [-0.2, 0) is 11.3 Å². The van der Waals surface area contributed by atoms with Crippen LogP contribution >= 0.6 is 0 Å². The molecule has 0 radical (unpaired) electrons. The molecule has 0 saturated heterocycles. The van der Waals surface area contributed by atoms with Crippen molar-refractivity contribution in [3.63, 3.8) is 0 Å². The molecule has 0 spiro atoms. The number of benzene rings is 1. The quantitative estimate of drug-likeness (QED) is 0.847. The van der Waals surface area contributed by atoms with Crippen molar-refractivity contribution in [2.45, 2.75) is 19.6 Å². The molecule has 0 aliphatic carbocycles. The van der Waals surface area contributed by atoms with E-state index < -0.39 is 6.10 Å². The van der Waals surface area contributed by atoms with E-state index in [9.17, 15) is 5.11 Å². The van der Waals surface area contributed by atoms with Gasteiger partial charge in [-0.2, -0.15) is 5.10 Å². The van der Waals surface area contributed by atoms with Gasteiger partial charge in [-0.1, -0.05) is 30.3 Å². The van der Waals surface area contributed by atoms with Crippen molar-refractivity contribution in [2.24, 2.45) is 0 Å². The number of nitrogens with zero attached hydrogens (tertiary/aromatic N) is 2. The molecular formula is C14H18N2O2. The molecule has 1 aromatic heterocycles. The number of hydrogen-bond donors (Lipinski definition) is 1. The minimum absolute atomic E-state index is 0.344. The van der Waals surface area contributed by atoms with Crippen LogP contribution in [0.4, 0.5) is 0 Å². The highest BCUT2D eigenvalue weighted by Crippen LogP contribution is 2.17. The Balaban J connectivity index is 1.98. The van der Waals surface area contributed by atoms with E-state index in [0.717, 1.165) is 11.1 Å². The smallest absolute Gasteiger partial charge is 0.0968 e. The summed E-state index contributed by atoms with van der Waals surface area (Å²) in [6, 6.07) is 10.1. The minimum Gasteiger partial charge on any atom is -0.389 e. The fourth-order valence-electron chi connectivity index (χ4n) is 1.77. The lowest BCUT2D eigenvalue weighted by molar-refractivity contribution is 0.0316. The average Bonchev–Trinajstić information content (AvgIpc) is 2.86. The van der Waals surface area contributed by atoms with Crippen LogP contribution in [-0.4, -0.2) is 34.2 Å². The summed E-state index contributed by atoms with van der Waals surface area (Å²) < 4.78 is 6.91. The van der Waals surface area contributed by atoms with Crippen LogP contribution in [0.1, 0.15) is 6.92 Å². The molecule has 2 aromatic rings. The first kappa shape index (κ1) is 12.8. The SMILES string of the molecule is CCOCC(O)Cn1cc(-c2ccccc2)cn1. The Morgan fingerprint density at radius 3 is 2.78 bits per heavy atom. The van der Waals surface area contributed by atoms with E-state index >= 15 is 0 Å². The van der Waals surface area contributed by atoms with E-state index in [0.29, 0.717) is 19.8 Å². The summed E-state index contributed by atoms with van der Waals surface area (Å²) in [6.45, 7) is 3.32. The van der Waals surface area contributed by atoms with Crippen molar-refractivity contribution in [1.29, 1.82) is 0 Å². The van der Waals surface area contributed by atoms with Crippen LogP contribution in [0.25, 0.3) is 11.1 Å². The average molecular weight is 246 g/mol. The lowest BCUT2D eigenvalue weighted by Crippen LogP contribution is -2.22. The molecule has 18 heavy (non-hydrogen) atoms. The topological polar surface area (TPSA) is 47.3 Å². The number of aliphatic hydroxyl groups is 1. The maximum absolute atomic E-state index is 9.73. The van der Waals surface area contributed by atoms with Gasteiger partial charge in [0, 0.05) is 18.4 Å².